The number of aliphatic hydroxyl groups excluding tert-OH is 2. The van der Waals surface area contributed by atoms with Crippen LogP contribution in [0.2, 0.25) is 0 Å². The number of hydrogen-bond acceptors (Lipinski definition) is 11. The fourth-order valence-corrected chi connectivity index (χ4v) is 7.14. The van der Waals surface area contributed by atoms with E-state index in [0.29, 0.717) is 42.7 Å². The van der Waals surface area contributed by atoms with Gasteiger partial charge in [-0.2, -0.15) is 0 Å². The molecule has 4 rings (SSSR count). The minimum Gasteiger partial charge on any atom is -0.497 e. The fourth-order valence-electron chi connectivity index (χ4n) is 6.33. The summed E-state index contributed by atoms with van der Waals surface area (Å²) >= 11 is 1.31. The highest BCUT2D eigenvalue weighted by molar-refractivity contribution is 7.99. The number of aliphatic hydroxyl groups is 2. The van der Waals surface area contributed by atoms with Crippen molar-refractivity contribution in [3.8, 4) is 11.5 Å². The SMILES string of the molecule is COc1cccc([C@@H]2[C@@H](C(C)C)CN(C(C)=O)C[C@H](OC)[C@@H](O)[C@@H](O)COCCCCN2C(=O)CSc2nnc(COc3ccc(C)cc3)n2C)c1. The minimum absolute atomic E-state index is 0.0198. The normalized spacial score (nSPS) is 22.5. The molecule has 14 heteroatoms. The maximum atomic E-state index is 14.5. The molecule has 3 aromatic rings. The number of aromatic nitrogens is 3. The van der Waals surface area contributed by atoms with Crippen molar-refractivity contribution < 1.29 is 38.7 Å². The second-order valence-electron chi connectivity index (χ2n) is 13.6. The summed E-state index contributed by atoms with van der Waals surface area (Å²) in [5.74, 6) is 1.61. The lowest BCUT2D eigenvalue weighted by Crippen LogP contribution is -2.51. The van der Waals surface area contributed by atoms with Gasteiger partial charge in [-0.1, -0.05) is 55.4 Å². The molecule has 52 heavy (non-hydrogen) atoms. The van der Waals surface area contributed by atoms with Gasteiger partial charge in [-0.15, -0.1) is 10.2 Å². The molecular formula is C38H55N5O8S. The van der Waals surface area contributed by atoms with Crippen LogP contribution in [0.3, 0.4) is 0 Å². The molecule has 2 heterocycles. The van der Waals surface area contributed by atoms with Crippen molar-refractivity contribution >= 4 is 23.6 Å². The molecule has 13 nitrogen and oxygen atoms in total. The van der Waals surface area contributed by atoms with E-state index in [0.717, 1.165) is 16.9 Å². The van der Waals surface area contributed by atoms with Crippen LogP contribution in [-0.4, -0.2) is 118 Å². The molecule has 1 aromatic heterocycles. The molecule has 5 atom stereocenters. The van der Waals surface area contributed by atoms with Crippen molar-refractivity contribution in [3.05, 3.63) is 65.5 Å². The maximum absolute atomic E-state index is 14.5. The number of benzene rings is 2. The van der Waals surface area contributed by atoms with E-state index in [-0.39, 0.29) is 55.7 Å². The number of methoxy groups -OCH3 is 2. The zero-order chi connectivity index (χ0) is 37.8. The number of carbonyl (C=O) groups excluding carboxylic acids is 2. The monoisotopic (exact) mass is 741 g/mol. The van der Waals surface area contributed by atoms with E-state index in [1.807, 2.05) is 72.0 Å². The van der Waals surface area contributed by atoms with Crippen LogP contribution >= 0.6 is 11.8 Å². The predicted octanol–water partition coefficient (Wildman–Crippen LogP) is 4.04. The van der Waals surface area contributed by atoms with E-state index in [1.54, 1.807) is 12.0 Å². The zero-order valence-electron chi connectivity index (χ0n) is 31.4. The molecule has 2 aromatic carbocycles. The topological polar surface area (TPSA) is 149 Å². The molecule has 0 radical (unpaired) electrons. The van der Waals surface area contributed by atoms with Gasteiger partial charge >= 0.3 is 0 Å². The maximum Gasteiger partial charge on any atom is 0.233 e. The molecule has 0 bridgehead atoms. The van der Waals surface area contributed by atoms with Gasteiger partial charge in [0.25, 0.3) is 0 Å². The summed E-state index contributed by atoms with van der Waals surface area (Å²) in [4.78, 5) is 31.3. The summed E-state index contributed by atoms with van der Waals surface area (Å²) < 4.78 is 24.7. The van der Waals surface area contributed by atoms with Gasteiger partial charge in [-0.3, -0.25) is 9.59 Å². The van der Waals surface area contributed by atoms with Crippen molar-refractivity contribution in [2.45, 2.75) is 76.7 Å². The van der Waals surface area contributed by atoms with Crippen LogP contribution in [0.1, 0.15) is 56.6 Å². The van der Waals surface area contributed by atoms with E-state index < -0.39 is 24.4 Å². The molecule has 0 unspecified atom stereocenters. The summed E-state index contributed by atoms with van der Waals surface area (Å²) in [6, 6.07) is 15.1. The molecule has 1 aliphatic heterocycles. The second kappa shape index (κ2) is 20.0. The molecular weight excluding hydrogens is 687 g/mol. The number of aryl methyl sites for hydroxylation is 1. The molecule has 1 fully saturated rings. The summed E-state index contributed by atoms with van der Waals surface area (Å²) in [6.07, 6.45) is -2.07. The molecule has 0 saturated carbocycles. The van der Waals surface area contributed by atoms with Crippen molar-refractivity contribution in [2.75, 3.05) is 52.8 Å². The zero-order valence-corrected chi connectivity index (χ0v) is 32.3. The number of ether oxygens (including phenoxy) is 4. The second-order valence-corrected chi connectivity index (χ2v) is 14.5. The van der Waals surface area contributed by atoms with Gasteiger partial charge in [-0.25, -0.2) is 0 Å². The Hall–Kier alpha value is -3.69. The van der Waals surface area contributed by atoms with Crippen molar-refractivity contribution in [2.24, 2.45) is 18.9 Å². The molecule has 2 amide bonds. The van der Waals surface area contributed by atoms with E-state index >= 15 is 0 Å². The summed E-state index contributed by atoms with van der Waals surface area (Å²) in [5.41, 5.74) is 2.03. The van der Waals surface area contributed by atoms with Crippen molar-refractivity contribution in [1.29, 1.82) is 0 Å². The summed E-state index contributed by atoms with van der Waals surface area (Å²) in [6.45, 7) is 8.89. The first-order valence-electron chi connectivity index (χ1n) is 17.8. The first-order valence-corrected chi connectivity index (χ1v) is 18.8. The first-order chi connectivity index (χ1) is 24.9. The highest BCUT2D eigenvalue weighted by Crippen LogP contribution is 2.37. The number of rotatable bonds is 10. The molecule has 1 saturated heterocycles. The largest absolute Gasteiger partial charge is 0.497 e. The van der Waals surface area contributed by atoms with Crippen molar-refractivity contribution in [3.63, 3.8) is 0 Å². The average Bonchev–Trinajstić information content (AvgIpc) is 3.49. The van der Waals surface area contributed by atoms with Crippen LogP contribution in [0.4, 0.5) is 0 Å². The molecule has 2 N–H and O–H groups in total. The van der Waals surface area contributed by atoms with Crippen LogP contribution in [0.25, 0.3) is 0 Å². The highest BCUT2D eigenvalue weighted by atomic mass is 32.2. The van der Waals surface area contributed by atoms with Gasteiger partial charge in [-0.05, 0) is 55.5 Å². The van der Waals surface area contributed by atoms with Gasteiger partial charge in [0.1, 0.15) is 36.4 Å². The average molecular weight is 742 g/mol. The standard InChI is InChI=1S/C38H55N5O8S/c1-25(2)31-20-42(27(4)44)21-33(49-7)37(47)32(45)22-50-18-9-8-17-43(36(31)28-11-10-12-30(19-28)48-6)35(46)24-52-38-40-39-34(41(38)5)23-51-29-15-13-26(3)14-16-29/h10-16,19,25,31-33,36-37,45,47H,8-9,17-18,20-24H2,1-7H3/t31-,32+,33+,36-,37+/m1/s1. The van der Waals surface area contributed by atoms with E-state index in [4.69, 9.17) is 18.9 Å². The number of amides is 2. The van der Waals surface area contributed by atoms with E-state index in [9.17, 15) is 19.8 Å². The predicted molar refractivity (Wildman–Crippen MR) is 198 cm³/mol. The van der Waals surface area contributed by atoms with Gasteiger partial charge < -0.3 is 43.5 Å². The molecule has 0 spiro atoms. The van der Waals surface area contributed by atoms with Gasteiger partial charge in [0.05, 0.1) is 25.5 Å². The quantitative estimate of drug-likeness (QED) is 0.290. The minimum atomic E-state index is -1.27. The van der Waals surface area contributed by atoms with Gasteiger partial charge in [0.15, 0.2) is 11.0 Å². The number of hydrogen-bond donors (Lipinski definition) is 2. The van der Waals surface area contributed by atoms with E-state index in [1.165, 1.54) is 25.8 Å². The lowest BCUT2D eigenvalue weighted by atomic mass is 9.82. The lowest BCUT2D eigenvalue weighted by Gasteiger charge is -2.42. The third-order valence-electron chi connectivity index (χ3n) is 9.57. The van der Waals surface area contributed by atoms with E-state index in [2.05, 4.69) is 24.0 Å². The van der Waals surface area contributed by atoms with Gasteiger partial charge in [0, 0.05) is 53.2 Å². The molecule has 0 aliphatic carbocycles. The Morgan fingerprint density at radius 2 is 1.79 bits per heavy atom. The Labute approximate surface area is 311 Å². The third-order valence-corrected chi connectivity index (χ3v) is 10.6. The van der Waals surface area contributed by atoms with Crippen LogP contribution in [0, 0.1) is 18.8 Å². The Morgan fingerprint density at radius 3 is 2.46 bits per heavy atom. The molecule has 286 valence electrons. The van der Waals surface area contributed by atoms with Crippen LogP contribution in [0.5, 0.6) is 11.5 Å². The number of thioether (sulfide) groups is 1. The van der Waals surface area contributed by atoms with Crippen LogP contribution < -0.4 is 9.47 Å². The molecule has 1 aliphatic rings. The highest BCUT2D eigenvalue weighted by Gasteiger charge is 2.37. The summed E-state index contributed by atoms with van der Waals surface area (Å²) in [5, 5.41) is 30.9. The Kier molecular flexibility index (Phi) is 15.8. The van der Waals surface area contributed by atoms with Crippen LogP contribution in [-0.2, 0) is 32.7 Å². The first kappa shape index (κ1) is 41.1. The lowest BCUT2D eigenvalue weighted by molar-refractivity contribution is -0.139. The number of nitrogens with zero attached hydrogens (tertiary/aromatic N) is 5. The summed E-state index contributed by atoms with van der Waals surface area (Å²) in [7, 11) is 4.91. The Bertz CT molecular complexity index is 1570. The Balaban J connectivity index is 1.66. The Morgan fingerprint density at radius 1 is 1.04 bits per heavy atom. The smallest absolute Gasteiger partial charge is 0.233 e. The third kappa shape index (κ3) is 11.2. The van der Waals surface area contributed by atoms with Crippen LogP contribution in [0.15, 0.2) is 53.7 Å². The van der Waals surface area contributed by atoms with Crippen molar-refractivity contribution in [1.82, 2.24) is 24.6 Å². The fraction of sp³-hybridized carbons (Fsp3) is 0.579. The number of carbonyl (C=O) groups is 2. The van der Waals surface area contributed by atoms with Gasteiger partial charge in [0.2, 0.25) is 11.8 Å².